The minimum absolute atomic E-state index is 0.000830. The summed E-state index contributed by atoms with van der Waals surface area (Å²) in [5, 5.41) is 18.8. The molecule has 2 saturated heterocycles. The van der Waals surface area contributed by atoms with Crippen molar-refractivity contribution in [3.8, 4) is 0 Å². The van der Waals surface area contributed by atoms with E-state index in [2.05, 4.69) is 26.7 Å². The van der Waals surface area contributed by atoms with Gasteiger partial charge in [0.05, 0.1) is 18.2 Å². The van der Waals surface area contributed by atoms with Crippen LogP contribution in [0.5, 0.6) is 0 Å². The third-order valence-corrected chi connectivity index (χ3v) is 11.1. The summed E-state index contributed by atoms with van der Waals surface area (Å²) in [4.78, 5) is 65.7. The standard InChI is InChI=1S/C41H44N6O6/c1-24(48)36(41(52)53-23-25-10-3-2-4-11-25)45-38(49)32(20-26-22-43-30-14-7-5-12-27(26)30)42-18-17-33-37-29(28-13-6-8-15-31(28)44-37)21-35-39(50)46-19-9-16-34(46)40(51)47(33)35/h2-8,10-15,22,24,32-36,42-44,48H,9,16-21,23H2,1H3,(H,45,49)/t24-,32-,33-,34-,35-,36-/m0/s1. The first-order chi connectivity index (χ1) is 25.8. The summed E-state index contributed by atoms with van der Waals surface area (Å²) in [5.74, 6) is -1.24. The number of esters is 1. The molecule has 3 aromatic carbocycles. The number of benzene rings is 3. The quantitative estimate of drug-likeness (QED) is 0.123. The van der Waals surface area contributed by atoms with Crippen LogP contribution in [0.4, 0.5) is 0 Å². The van der Waals surface area contributed by atoms with Crippen molar-refractivity contribution in [3.05, 3.63) is 107 Å². The monoisotopic (exact) mass is 716 g/mol. The van der Waals surface area contributed by atoms with Crippen molar-refractivity contribution in [3.63, 3.8) is 0 Å². The summed E-state index contributed by atoms with van der Waals surface area (Å²) in [6, 6.07) is 21.5. The van der Waals surface area contributed by atoms with E-state index < -0.39 is 48.2 Å². The summed E-state index contributed by atoms with van der Waals surface area (Å²) in [6.07, 6.45) is 3.28. The fraction of sp³-hybridized carbons (Fsp3) is 0.366. The van der Waals surface area contributed by atoms with Crippen LogP contribution in [0.2, 0.25) is 0 Å². The maximum atomic E-state index is 14.1. The van der Waals surface area contributed by atoms with Crippen LogP contribution in [0.3, 0.4) is 0 Å². The number of rotatable bonds is 12. The van der Waals surface area contributed by atoms with E-state index in [1.807, 2.05) is 79.0 Å². The van der Waals surface area contributed by atoms with E-state index in [-0.39, 0.29) is 24.8 Å². The number of nitrogens with zero attached hydrogens (tertiary/aromatic N) is 2. The number of aromatic nitrogens is 2. The van der Waals surface area contributed by atoms with Gasteiger partial charge in [-0.3, -0.25) is 14.4 Å². The number of hydrogen-bond donors (Lipinski definition) is 5. The van der Waals surface area contributed by atoms with E-state index in [0.717, 1.165) is 50.6 Å². The van der Waals surface area contributed by atoms with Crippen LogP contribution in [0.1, 0.15) is 54.6 Å². The predicted octanol–water partition coefficient (Wildman–Crippen LogP) is 3.65. The predicted molar refractivity (Wildman–Crippen MR) is 198 cm³/mol. The van der Waals surface area contributed by atoms with Gasteiger partial charge in [-0.1, -0.05) is 66.7 Å². The average Bonchev–Trinajstić information content (AvgIpc) is 3.92. The van der Waals surface area contributed by atoms with Crippen LogP contribution in [0.25, 0.3) is 21.8 Å². The van der Waals surface area contributed by atoms with Gasteiger partial charge in [0.15, 0.2) is 6.04 Å². The number of piperazine rings is 1. The van der Waals surface area contributed by atoms with Crippen molar-refractivity contribution < 1.29 is 29.0 Å². The van der Waals surface area contributed by atoms with Crippen LogP contribution in [-0.2, 0) is 43.4 Å². The molecule has 274 valence electrons. The number of ether oxygens (including phenoxy) is 1. The number of amides is 3. The zero-order valence-electron chi connectivity index (χ0n) is 29.6. The molecule has 12 nitrogen and oxygen atoms in total. The fourth-order valence-corrected chi connectivity index (χ4v) is 8.44. The second-order valence-electron chi connectivity index (χ2n) is 14.4. The average molecular weight is 717 g/mol. The number of aliphatic hydroxyl groups is 1. The van der Waals surface area contributed by atoms with E-state index in [1.165, 1.54) is 6.92 Å². The largest absolute Gasteiger partial charge is 0.459 e. The molecule has 6 atom stereocenters. The van der Waals surface area contributed by atoms with E-state index in [4.69, 9.17) is 4.74 Å². The molecular formula is C41H44N6O6. The molecule has 0 radical (unpaired) electrons. The number of fused-ring (bicyclic) bond motifs is 6. The molecule has 0 aliphatic carbocycles. The Labute approximate surface area is 306 Å². The Bertz CT molecular complexity index is 2160. The Balaban J connectivity index is 1.05. The van der Waals surface area contributed by atoms with Gasteiger partial charge in [0.25, 0.3) is 0 Å². The minimum Gasteiger partial charge on any atom is -0.459 e. The lowest BCUT2D eigenvalue weighted by atomic mass is 9.86. The highest BCUT2D eigenvalue weighted by atomic mass is 16.5. The molecule has 5 aromatic rings. The van der Waals surface area contributed by atoms with Crippen molar-refractivity contribution in [2.45, 2.75) is 81.9 Å². The first-order valence-corrected chi connectivity index (χ1v) is 18.5. The first-order valence-electron chi connectivity index (χ1n) is 18.5. The van der Waals surface area contributed by atoms with Gasteiger partial charge in [-0.05, 0) is 68.0 Å². The third-order valence-electron chi connectivity index (χ3n) is 11.1. The number of nitrogens with one attached hydrogen (secondary N) is 4. The molecule has 0 saturated carbocycles. The summed E-state index contributed by atoms with van der Waals surface area (Å²) < 4.78 is 5.50. The normalized spacial score (nSPS) is 21.2. The Kier molecular flexibility index (Phi) is 9.48. The maximum absolute atomic E-state index is 14.1. The molecule has 8 rings (SSSR count). The van der Waals surface area contributed by atoms with Gasteiger partial charge >= 0.3 is 5.97 Å². The summed E-state index contributed by atoms with van der Waals surface area (Å²) in [7, 11) is 0. The minimum atomic E-state index is -1.29. The number of carbonyl (C=O) groups is 4. The third kappa shape index (κ3) is 6.57. The molecule has 2 aromatic heterocycles. The fourth-order valence-electron chi connectivity index (χ4n) is 8.44. The molecule has 3 aliphatic heterocycles. The zero-order valence-corrected chi connectivity index (χ0v) is 29.6. The second-order valence-corrected chi connectivity index (χ2v) is 14.4. The highest BCUT2D eigenvalue weighted by molar-refractivity contribution is 5.99. The van der Waals surface area contributed by atoms with E-state index in [1.54, 1.807) is 9.80 Å². The van der Waals surface area contributed by atoms with Crippen LogP contribution in [-0.4, -0.2) is 91.9 Å². The van der Waals surface area contributed by atoms with Crippen molar-refractivity contribution in [1.82, 2.24) is 30.4 Å². The first kappa shape index (κ1) is 34.6. The Morgan fingerprint density at radius 1 is 0.943 bits per heavy atom. The second kappa shape index (κ2) is 14.5. The van der Waals surface area contributed by atoms with Crippen LogP contribution >= 0.6 is 0 Å². The molecule has 5 N–H and O–H groups in total. The van der Waals surface area contributed by atoms with Gasteiger partial charge in [0.1, 0.15) is 18.7 Å². The van der Waals surface area contributed by atoms with Gasteiger partial charge in [0.2, 0.25) is 17.7 Å². The lowest BCUT2D eigenvalue weighted by Crippen LogP contribution is -2.65. The van der Waals surface area contributed by atoms with Crippen LogP contribution in [0.15, 0.2) is 85.1 Å². The molecule has 0 unspecified atom stereocenters. The zero-order chi connectivity index (χ0) is 36.6. The Hall–Kier alpha value is -5.46. The smallest absolute Gasteiger partial charge is 0.331 e. The molecule has 0 bridgehead atoms. The number of aliphatic hydroxyl groups excluding tert-OH is 1. The molecule has 3 amide bonds. The summed E-state index contributed by atoms with van der Waals surface area (Å²) in [6.45, 7) is 2.36. The van der Waals surface area contributed by atoms with Crippen molar-refractivity contribution in [2.24, 2.45) is 0 Å². The highest BCUT2D eigenvalue weighted by Gasteiger charge is 2.52. The van der Waals surface area contributed by atoms with Gasteiger partial charge in [-0.2, -0.15) is 0 Å². The van der Waals surface area contributed by atoms with Gasteiger partial charge in [-0.25, -0.2) is 4.79 Å². The Morgan fingerprint density at radius 2 is 1.68 bits per heavy atom. The van der Waals surface area contributed by atoms with Crippen molar-refractivity contribution in [1.29, 1.82) is 0 Å². The van der Waals surface area contributed by atoms with E-state index in [9.17, 15) is 24.3 Å². The lowest BCUT2D eigenvalue weighted by Gasteiger charge is -2.48. The summed E-state index contributed by atoms with van der Waals surface area (Å²) >= 11 is 0. The SMILES string of the molecule is C[C@H](O)[C@H](NC(=O)[C@H](Cc1c[nH]c2ccccc12)NCC[C@H]1c2[nH]c3ccccc3c2C[C@H]2C(=O)N3CCC[C@H]3C(=O)N21)C(=O)OCc1ccccc1. The Morgan fingerprint density at radius 3 is 2.47 bits per heavy atom. The van der Waals surface area contributed by atoms with Gasteiger partial charge < -0.3 is 40.2 Å². The highest BCUT2D eigenvalue weighted by Crippen LogP contribution is 2.43. The maximum Gasteiger partial charge on any atom is 0.331 e. The number of H-pyrrole nitrogens is 2. The number of hydrogen-bond acceptors (Lipinski definition) is 7. The van der Waals surface area contributed by atoms with Crippen LogP contribution in [0, 0.1) is 0 Å². The molecule has 5 heterocycles. The molecular weight excluding hydrogens is 672 g/mol. The van der Waals surface area contributed by atoms with Gasteiger partial charge in [0, 0.05) is 46.7 Å². The number of para-hydroxylation sites is 2. The molecule has 2 fully saturated rings. The van der Waals surface area contributed by atoms with Crippen LogP contribution < -0.4 is 10.6 Å². The molecule has 3 aliphatic rings. The summed E-state index contributed by atoms with van der Waals surface area (Å²) in [5.41, 5.74) is 5.55. The van der Waals surface area contributed by atoms with Gasteiger partial charge in [-0.15, -0.1) is 0 Å². The van der Waals surface area contributed by atoms with Crippen molar-refractivity contribution in [2.75, 3.05) is 13.1 Å². The van der Waals surface area contributed by atoms with E-state index in [0.29, 0.717) is 32.4 Å². The van der Waals surface area contributed by atoms with E-state index >= 15 is 0 Å². The number of carbonyl (C=O) groups excluding carboxylic acids is 4. The van der Waals surface area contributed by atoms with Crippen molar-refractivity contribution >= 4 is 45.5 Å². The molecule has 53 heavy (non-hydrogen) atoms. The topological polar surface area (TPSA) is 160 Å². The molecule has 12 heteroatoms. The number of aromatic amines is 2. The lowest BCUT2D eigenvalue weighted by molar-refractivity contribution is -0.163. The molecule has 0 spiro atoms.